The molecule has 0 spiro atoms. The first-order valence-corrected chi connectivity index (χ1v) is 8.52. The average molecular weight is 351 g/mol. The molecule has 0 aliphatic rings. The molecule has 0 bridgehead atoms. The minimum absolute atomic E-state index is 0.0809. The van der Waals surface area contributed by atoms with E-state index < -0.39 is 11.6 Å². The van der Waals surface area contributed by atoms with E-state index in [1.807, 2.05) is 51.1 Å². The molecule has 0 saturated carbocycles. The van der Waals surface area contributed by atoms with Crippen LogP contribution >= 0.6 is 0 Å². The van der Waals surface area contributed by atoms with E-state index >= 15 is 0 Å². The molecule has 0 radical (unpaired) electrons. The highest BCUT2D eigenvalue weighted by Crippen LogP contribution is 2.07. The first kappa shape index (κ1) is 21.1. The van der Waals surface area contributed by atoms with Gasteiger partial charge in [-0.15, -0.1) is 0 Å². The third kappa shape index (κ3) is 10.5. The van der Waals surface area contributed by atoms with E-state index in [-0.39, 0.29) is 31.8 Å². The molecule has 0 aliphatic heterocycles. The first-order valence-electron chi connectivity index (χ1n) is 8.52. The van der Waals surface area contributed by atoms with Gasteiger partial charge >= 0.3 is 11.9 Å². The standard InChI is InChI=1S/C19H29NO5/c1-5-24-18(22)14-23-13-16(11-15-9-7-6-8-10-15)20-12-17(21)25-19(2,3)4/h6-10,16,20H,5,11-14H2,1-4H3/t16-/m1/s1. The van der Waals surface area contributed by atoms with Gasteiger partial charge in [-0.25, -0.2) is 4.79 Å². The van der Waals surface area contributed by atoms with Crippen molar-refractivity contribution < 1.29 is 23.8 Å². The molecule has 1 atom stereocenters. The van der Waals surface area contributed by atoms with E-state index in [1.54, 1.807) is 6.92 Å². The van der Waals surface area contributed by atoms with Gasteiger partial charge < -0.3 is 19.5 Å². The number of nitrogens with one attached hydrogen (secondary N) is 1. The first-order chi connectivity index (χ1) is 11.8. The lowest BCUT2D eigenvalue weighted by molar-refractivity contribution is -0.154. The van der Waals surface area contributed by atoms with Crippen LogP contribution in [0, 0.1) is 0 Å². The third-order valence-electron chi connectivity index (χ3n) is 3.12. The van der Waals surface area contributed by atoms with Crippen LogP contribution in [0.4, 0.5) is 0 Å². The zero-order chi connectivity index (χ0) is 18.7. The summed E-state index contributed by atoms with van der Waals surface area (Å²) < 4.78 is 15.6. The summed E-state index contributed by atoms with van der Waals surface area (Å²) >= 11 is 0. The number of hydrogen-bond donors (Lipinski definition) is 1. The Balaban J connectivity index is 2.52. The van der Waals surface area contributed by atoms with Gasteiger partial charge in [-0.1, -0.05) is 30.3 Å². The Morgan fingerprint density at radius 1 is 1.12 bits per heavy atom. The summed E-state index contributed by atoms with van der Waals surface area (Å²) in [5.41, 5.74) is 0.595. The molecule has 6 nitrogen and oxygen atoms in total. The van der Waals surface area contributed by atoms with Gasteiger partial charge in [0.05, 0.1) is 19.8 Å². The zero-order valence-electron chi connectivity index (χ0n) is 15.5. The highest BCUT2D eigenvalue weighted by molar-refractivity contribution is 5.72. The van der Waals surface area contributed by atoms with E-state index in [0.29, 0.717) is 13.0 Å². The molecule has 1 rings (SSSR count). The van der Waals surface area contributed by atoms with Crippen LogP contribution in [0.3, 0.4) is 0 Å². The second kappa shape index (κ2) is 10.8. The van der Waals surface area contributed by atoms with Crippen LogP contribution in [0.2, 0.25) is 0 Å². The van der Waals surface area contributed by atoms with Gasteiger partial charge in [0.15, 0.2) is 0 Å². The van der Waals surface area contributed by atoms with Crippen molar-refractivity contribution in [1.29, 1.82) is 0 Å². The normalized spacial score (nSPS) is 12.5. The molecule has 25 heavy (non-hydrogen) atoms. The molecule has 0 amide bonds. The maximum atomic E-state index is 11.9. The summed E-state index contributed by atoms with van der Waals surface area (Å²) in [6.45, 7) is 7.82. The van der Waals surface area contributed by atoms with E-state index in [9.17, 15) is 9.59 Å². The molecule has 1 aromatic rings. The molecular formula is C19H29NO5. The van der Waals surface area contributed by atoms with Gasteiger partial charge in [0.2, 0.25) is 0 Å². The average Bonchev–Trinajstić information content (AvgIpc) is 2.52. The molecule has 0 aromatic heterocycles. The van der Waals surface area contributed by atoms with Gasteiger partial charge in [0, 0.05) is 6.04 Å². The Hall–Kier alpha value is -1.92. The molecule has 0 aliphatic carbocycles. The minimum Gasteiger partial charge on any atom is -0.464 e. The Morgan fingerprint density at radius 3 is 2.40 bits per heavy atom. The lowest BCUT2D eigenvalue weighted by atomic mass is 10.1. The molecule has 0 fully saturated rings. The molecule has 1 N–H and O–H groups in total. The predicted octanol–water partition coefficient (Wildman–Crippen LogP) is 2.11. The maximum Gasteiger partial charge on any atom is 0.332 e. The molecule has 140 valence electrons. The molecule has 0 unspecified atom stereocenters. The largest absolute Gasteiger partial charge is 0.464 e. The van der Waals surface area contributed by atoms with Gasteiger partial charge in [-0.2, -0.15) is 0 Å². The van der Waals surface area contributed by atoms with Crippen molar-refractivity contribution in [3.05, 3.63) is 35.9 Å². The van der Waals surface area contributed by atoms with Crippen LogP contribution in [0.15, 0.2) is 30.3 Å². The van der Waals surface area contributed by atoms with E-state index in [0.717, 1.165) is 5.56 Å². The number of rotatable bonds is 10. The molecule has 6 heteroatoms. The van der Waals surface area contributed by atoms with Crippen LogP contribution in [0.1, 0.15) is 33.3 Å². The Bertz CT molecular complexity index is 524. The van der Waals surface area contributed by atoms with E-state index in [2.05, 4.69) is 5.32 Å². The monoisotopic (exact) mass is 351 g/mol. The summed E-state index contributed by atoms with van der Waals surface area (Å²) in [7, 11) is 0. The topological polar surface area (TPSA) is 73.9 Å². The van der Waals surface area contributed by atoms with Crippen molar-refractivity contribution in [2.45, 2.75) is 45.8 Å². The van der Waals surface area contributed by atoms with Crippen molar-refractivity contribution in [2.75, 3.05) is 26.4 Å². The summed E-state index contributed by atoms with van der Waals surface area (Å²) in [6.07, 6.45) is 0.673. The van der Waals surface area contributed by atoms with E-state index in [1.165, 1.54) is 0 Å². The van der Waals surface area contributed by atoms with Crippen molar-refractivity contribution in [3.8, 4) is 0 Å². The summed E-state index contributed by atoms with van der Waals surface area (Å²) in [6, 6.07) is 9.76. The molecule has 0 heterocycles. The quantitative estimate of drug-likeness (QED) is 0.651. The maximum absolute atomic E-state index is 11.9. The SMILES string of the molecule is CCOC(=O)COC[C@@H](Cc1ccccc1)NCC(=O)OC(C)(C)C. The van der Waals surface area contributed by atoms with Gasteiger partial charge in [-0.3, -0.25) is 4.79 Å². The van der Waals surface area contributed by atoms with Gasteiger partial charge in [0.1, 0.15) is 12.2 Å². The van der Waals surface area contributed by atoms with Crippen LogP contribution in [0.25, 0.3) is 0 Å². The highest BCUT2D eigenvalue weighted by atomic mass is 16.6. The number of carbonyl (C=O) groups is 2. The second-order valence-electron chi connectivity index (χ2n) is 6.67. The molecule has 1 aromatic carbocycles. The van der Waals surface area contributed by atoms with Crippen molar-refractivity contribution in [3.63, 3.8) is 0 Å². The van der Waals surface area contributed by atoms with Crippen molar-refractivity contribution in [1.82, 2.24) is 5.32 Å². The van der Waals surface area contributed by atoms with Crippen LogP contribution in [-0.4, -0.2) is 49.9 Å². The number of hydrogen-bond acceptors (Lipinski definition) is 6. The number of ether oxygens (including phenoxy) is 3. The fourth-order valence-corrected chi connectivity index (χ4v) is 2.18. The van der Waals surface area contributed by atoms with E-state index in [4.69, 9.17) is 14.2 Å². The number of esters is 2. The lowest BCUT2D eigenvalue weighted by Crippen LogP contribution is -2.41. The summed E-state index contributed by atoms with van der Waals surface area (Å²) in [5, 5.41) is 3.14. The Labute approximate surface area is 149 Å². The molecular weight excluding hydrogens is 322 g/mol. The number of benzene rings is 1. The fraction of sp³-hybridized carbons (Fsp3) is 0.579. The van der Waals surface area contributed by atoms with Gasteiger partial charge in [0.25, 0.3) is 0 Å². The Morgan fingerprint density at radius 2 is 1.80 bits per heavy atom. The third-order valence-corrected chi connectivity index (χ3v) is 3.12. The zero-order valence-corrected chi connectivity index (χ0v) is 15.5. The van der Waals surface area contributed by atoms with Crippen molar-refractivity contribution in [2.24, 2.45) is 0 Å². The number of carbonyl (C=O) groups excluding carboxylic acids is 2. The van der Waals surface area contributed by atoms with Crippen LogP contribution in [-0.2, 0) is 30.2 Å². The molecule has 0 saturated heterocycles. The van der Waals surface area contributed by atoms with Gasteiger partial charge in [-0.05, 0) is 39.7 Å². The smallest absolute Gasteiger partial charge is 0.332 e. The fourth-order valence-electron chi connectivity index (χ4n) is 2.18. The second-order valence-corrected chi connectivity index (χ2v) is 6.67. The van der Waals surface area contributed by atoms with Crippen molar-refractivity contribution >= 4 is 11.9 Å². The van der Waals surface area contributed by atoms with Crippen LogP contribution < -0.4 is 5.32 Å². The minimum atomic E-state index is -0.520. The van der Waals surface area contributed by atoms with Crippen LogP contribution in [0.5, 0.6) is 0 Å². The highest BCUT2D eigenvalue weighted by Gasteiger charge is 2.18. The lowest BCUT2D eigenvalue weighted by Gasteiger charge is -2.22. The Kier molecular flexibility index (Phi) is 9.16. The summed E-state index contributed by atoms with van der Waals surface area (Å²) in [4.78, 5) is 23.2. The predicted molar refractivity (Wildman–Crippen MR) is 95.2 cm³/mol. The summed E-state index contributed by atoms with van der Waals surface area (Å²) in [5.74, 6) is -0.718.